The van der Waals surface area contributed by atoms with Gasteiger partial charge in [0.05, 0.1) is 31.2 Å². The molecular weight excluding hydrogens is 398 g/mol. The summed E-state index contributed by atoms with van der Waals surface area (Å²) >= 11 is 0. The number of carbonyl (C=O) groups excluding carboxylic acids is 2. The monoisotopic (exact) mass is 419 g/mol. The number of hydrogen-bond acceptors (Lipinski definition) is 7. The first-order chi connectivity index (χ1) is 13.5. The second-order valence-electron chi connectivity index (χ2n) is 6.47. The average Bonchev–Trinajstić information content (AvgIpc) is 3.06. The van der Waals surface area contributed by atoms with Crippen molar-refractivity contribution >= 4 is 30.1 Å². The minimum atomic E-state index is -0.392. The van der Waals surface area contributed by atoms with E-state index in [9.17, 15) is 9.59 Å². The summed E-state index contributed by atoms with van der Waals surface area (Å²) < 4.78 is 10.4. The van der Waals surface area contributed by atoms with Crippen LogP contribution in [-0.4, -0.2) is 47.7 Å². The number of rotatable bonds is 7. The molecule has 29 heavy (non-hydrogen) atoms. The molecule has 2 atom stereocenters. The van der Waals surface area contributed by atoms with Gasteiger partial charge >= 0.3 is 5.97 Å². The van der Waals surface area contributed by atoms with Crippen molar-refractivity contribution in [2.75, 3.05) is 13.7 Å². The number of benzene rings is 1. The fraction of sp³-hybridized carbons (Fsp3) is 0.316. The first-order valence-electron chi connectivity index (χ1n) is 8.75. The first-order valence-corrected chi connectivity index (χ1v) is 8.75. The number of methoxy groups -OCH3 is 1. The molecule has 2 heterocycles. The van der Waals surface area contributed by atoms with Crippen LogP contribution >= 0.6 is 12.4 Å². The molecule has 1 aromatic heterocycles. The summed E-state index contributed by atoms with van der Waals surface area (Å²) in [6, 6.07) is 10.5. The van der Waals surface area contributed by atoms with Crippen LogP contribution in [0.15, 0.2) is 36.4 Å². The van der Waals surface area contributed by atoms with E-state index in [4.69, 9.17) is 15.9 Å². The number of nitrogen functional groups attached to an aromatic ring is 1. The van der Waals surface area contributed by atoms with E-state index in [0.717, 1.165) is 5.56 Å². The Morgan fingerprint density at radius 2 is 1.97 bits per heavy atom. The van der Waals surface area contributed by atoms with Gasteiger partial charge in [-0.15, -0.1) is 22.6 Å². The number of hydrogen-bond donors (Lipinski definition) is 3. The second-order valence-corrected chi connectivity index (χ2v) is 6.47. The Balaban J connectivity index is 0.00000300. The molecule has 0 saturated carbocycles. The summed E-state index contributed by atoms with van der Waals surface area (Å²) in [5.41, 5.74) is 7.20. The van der Waals surface area contributed by atoms with E-state index in [-0.39, 0.29) is 42.5 Å². The van der Waals surface area contributed by atoms with Crippen LogP contribution in [0.2, 0.25) is 0 Å². The topological polar surface area (TPSA) is 140 Å². The Labute approximate surface area is 173 Å². The second kappa shape index (κ2) is 9.83. The lowest BCUT2D eigenvalue weighted by Gasteiger charge is -2.12. The number of nitrogens with two attached hydrogens (primary N) is 1. The van der Waals surface area contributed by atoms with Gasteiger partial charge in [0, 0.05) is 5.56 Å². The first kappa shape index (κ1) is 22.1. The zero-order valence-electron chi connectivity index (χ0n) is 15.8. The molecule has 2 aromatic rings. The molecule has 1 saturated heterocycles. The summed E-state index contributed by atoms with van der Waals surface area (Å²) in [5.74, 6) is -0.392. The molecule has 3 rings (SSSR count). The highest BCUT2D eigenvalue weighted by Crippen LogP contribution is 2.23. The minimum Gasteiger partial charge on any atom is -0.491 e. The summed E-state index contributed by atoms with van der Waals surface area (Å²) in [6.07, 6.45) is 0.612. The van der Waals surface area contributed by atoms with Gasteiger partial charge in [-0.05, 0) is 42.8 Å². The van der Waals surface area contributed by atoms with E-state index in [0.29, 0.717) is 30.2 Å². The maximum absolute atomic E-state index is 11.9. The molecule has 1 aromatic carbocycles. The van der Waals surface area contributed by atoms with Crippen molar-refractivity contribution in [2.24, 2.45) is 11.7 Å². The Bertz CT molecular complexity index is 873. The van der Waals surface area contributed by atoms with Crippen molar-refractivity contribution in [3.05, 3.63) is 42.1 Å². The van der Waals surface area contributed by atoms with Crippen molar-refractivity contribution < 1.29 is 19.1 Å². The maximum Gasteiger partial charge on any atom is 0.306 e. The normalized spacial score (nSPS) is 17.8. The van der Waals surface area contributed by atoms with Crippen LogP contribution < -0.4 is 15.8 Å². The average molecular weight is 420 g/mol. The molecule has 154 valence electrons. The number of nitrogens with zero attached hydrogens (tertiary/aromatic N) is 2. The van der Waals surface area contributed by atoms with E-state index in [1.807, 2.05) is 12.1 Å². The third kappa shape index (κ3) is 5.64. The van der Waals surface area contributed by atoms with Crippen molar-refractivity contribution in [2.45, 2.75) is 18.9 Å². The molecule has 0 unspecified atom stereocenters. The number of amidine groups is 1. The quantitative estimate of drug-likeness (QED) is 0.349. The van der Waals surface area contributed by atoms with Crippen LogP contribution in [0.3, 0.4) is 0 Å². The summed E-state index contributed by atoms with van der Waals surface area (Å²) in [6.45, 7) is 0.315. The van der Waals surface area contributed by atoms with Crippen molar-refractivity contribution in [1.29, 1.82) is 5.41 Å². The molecular formula is C19H22ClN5O4. The summed E-state index contributed by atoms with van der Waals surface area (Å²) in [5, 5.41) is 18.1. The van der Waals surface area contributed by atoms with Crippen LogP contribution in [0.25, 0.3) is 11.3 Å². The fourth-order valence-corrected chi connectivity index (χ4v) is 2.95. The van der Waals surface area contributed by atoms with E-state index in [2.05, 4.69) is 20.3 Å². The lowest BCUT2D eigenvalue weighted by atomic mass is 10.0. The van der Waals surface area contributed by atoms with Gasteiger partial charge < -0.3 is 20.5 Å². The molecule has 0 radical (unpaired) electrons. The fourth-order valence-electron chi connectivity index (χ4n) is 2.95. The molecule has 1 aliphatic rings. The number of carbonyl (C=O) groups is 2. The van der Waals surface area contributed by atoms with Gasteiger partial charge in [0.1, 0.15) is 23.9 Å². The van der Waals surface area contributed by atoms with Gasteiger partial charge in [-0.3, -0.25) is 15.0 Å². The third-order valence-electron chi connectivity index (χ3n) is 4.47. The molecule has 4 N–H and O–H groups in total. The van der Waals surface area contributed by atoms with Crippen molar-refractivity contribution in [1.82, 2.24) is 15.5 Å². The van der Waals surface area contributed by atoms with Gasteiger partial charge in [-0.25, -0.2) is 0 Å². The largest absolute Gasteiger partial charge is 0.491 e. The zero-order valence-corrected chi connectivity index (χ0v) is 16.6. The van der Waals surface area contributed by atoms with E-state index >= 15 is 0 Å². The molecule has 10 heteroatoms. The molecule has 1 fully saturated rings. The standard InChI is InChI=1S/C19H21N5O4.ClH/c1-27-17(25)9-12-8-13(22-19(12)26)10-28-14-4-2-11(3-5-14)15-6-7-16(18(20)21)24-23-15;/h2-7,12-13H,8-10H2,1H3,(H3,20,21)(H,22,26);1H/t12-,13-;/m0./s1. The van der Waals surface area contributed by atoms with Crippen LogP contribution in [0.1, 0.15) is 18.5 Å². The number of nitrogens with one attached hydrogen (secondary N) is 2. The van der Waals surface area contributed by atoms with Crippen LogP contribution in [0.4, 0.5) is 0 Å². The van der Waals surface area contributed by atoms with E-state index < -0.39 is 5.97 Å². The minimum absolute atomic E-state index is 0. The maximum atomic E-state index is 11.9. The van der Waals surface area contributed by atoms with Gasteiger partial charge in [-0.1, -0.05) is 0 Å². The molecule has 1 aliphatic heterocycles. The highest BCUT2D eigenvalue weighted by Gasteiger charge is 2.34. The van der Waals surface area contributed by atoms with Gasteiger partial charge in [0.25, 0.3) is 0 Å². The molecule has 0 bridgehead atoms. The number of amides is 1. The number of esters is 1. The van der Waals surface area contributed by atoms with E-state index in [1.54, 1.807) is 24.3 Å². The van der Waals surface area contributed by atoms with Crippen molar-refractivity contribution in [3.63, 3.8) is 0 Å². The van der Waals surface area contributed by atoms with Gasteiger partial charge in [0.2, 0.25) is 5.91 Å². The van der Waals surface area contributed by atoms with Gasteiger partial charge in [-0.2, -0.15) is 0 Å². The molecule has 9 nitrogen and oxygen atoms in total. The number of ether oxygens (including phenoxy) is 2. The highest BCUT2D eigenvalue weighted by atomic mass is 35.5. The number of aromatic nitrogens is 2. The molecule has 0 aliphatic carbocycles. The van der Waals surface area contributed by atoms with Gasteiger partial charge in [0.15, 0.2) is 0 Å². The van der Waals surface area contributed by atoms with Crippen LogP contribution in [0.5, 0.6) is 5.75 Å². The highest BCUT2D eigenvalue weighted by molar-refractivity contribution is 5.93. The predicted molar refractivity (Wildman–Crippen MR) is 108 cm³/mol. The van der Waals surface area contributed by atoms with Crippen LogP contribution in [-0.2, 0) is 14.3 Å². The summed E-state index contributed by atoms with van der Waals surface area (Å²) in [4.78, 5) is 23.2. The van der Waals surface area contributed by atoms with E-state index in [1.165, 1.54) is 7.11 Å². The Morgan fingerprint density at radius 1 is 1.24 bits per heavy atom. The predicted octanol–water partition coefficient (Wildman–Crippen LogP) is 1.30. The van der Waals surface area contributed by atoms with Crippen LogP contribution in [0, 0.1) is 11.3 Å². The van der Waals surface area contributed by atoms with Crippen molar-refractivity contribution in [3.8, 4) is 17.0 Å². The lowest BCUT2D eigenvalue weighted by Crippen LogP contribution is -2.31. The third-order valence-corrected chi connectivity index (χ3v) is 4.47. The molecule has 0 spiro atoms. The zero-order chi connectivity index (χ0) is 20.1. The lowest BCUT2D eigenvalue weighted by molar-refractivity contribution is -0.143. The molecule has 1 amide bonds. The summed E-state index contributed by atoms with van der Waals surface area (Å²) in [7, 11) is 1.31. The Hall–Kier alpha value is -3.20. The Morgan fingerprint density at radius 3 is 2.55 bits per heavy atom. The SMILES string of the molecule is COC(=O)C[C@@H]1C[C@@H](COc2ccc(-c3ccc(C(=N)N)nn3)cc2)NC1=O.Cl. The number of halogens is 1. The smallest absolute Gasteiger partial charge is 0.306 e. The Kier molecular flexibility index (Phi) is 7.49.